The van der Waals surface area contributed by atoms with E-state index < -0.39 is 0 Å². The third-order valence-electron chi connectivity index (χ3n) is 5.29. The van der Waals surface area contributed by atoms with Crippen LogP contribution in [0.2, 0.25) is 0 Å². The molecule has 1 N–H and O–H groups in total. The average Bonchev–Trinajstić information content (AvgIpc) is 2.77. The third kappa shape index (κ3) is 4.48. The van der Waals surface area contributed by atoms with Crippen LogP contribution in [0.3, 0.4) is 0 Å². The molecule has 0 unspecified atom stereocenters. The number of nitrogens with one attached hydrogen (secondary N) is 1. The van der Waals surface area contributed by atoms with Gasteiger partial charge in [-0.05, 0) is 72.9 Å². The first kappa shape index (κ1) is 20.0. The van der Waals surface area contributed by atoms with Gasteiger partial charge in [0, 0.05) is 24.3 Å². The molecule has 30 heavy (non-hydrogen) atoms. The van der Waals surface area contributed by atoms with Crippen molar-refractivity contribution in [3.8, 4) is 0 Å². The topological polar surface area (TPSA) is 45.2 Å². The number of aldehydes is 1. The molecule has 0 radical (unpaired) electrons. The number of halogens is 2. The number of aryl methyl sites for hydroxylation is 2. The van der Waals surface area contributed by atoms with E-state index in [-0.39, 0.29) is 11.6 Å². The molecule has 6 heteroatoms. The molecule has 1 aliphatic heterocycles. The summed E-state index contributed by atoms with van der Waals surface area (Å²) in [6, 6.07) is 15.5. The molecular formula is C24H23F2N3O. The van der Waals surface area contributed by atoms with Crippen LogP contribution < -0.4 is 10.2 Å². The highest BCUT2D eigenvalue weighted by molar-refractivity contribution is 5.64. The van der Waals surface area contributed by atoms with Crippen LogP contribution in [0.1, 0.15) is 29.7 Å². The summed E-state index contributed by atoms with van der Waals surface area (Å²) in [6.07, 6.45) is 3.48. The molecule has 1 aromatic heterocycles. The maximum atomic E-state index is 14.2. The van der Waals surface area contributed by atoms with E-state index >= 15 is 0 Å². The van der Waals surface area contributed by atoms with Crippen molar-refractivity contribution in [3.05, 3.63) is 83.1 Å². The molecule has 0 fully saturated rings. The number of aromatic nitrogens is 1. The van der Waals surface area contributed by atoms with Crippen molar-refractivity contribution < 1.29 is 13.6 Å². The fraction of sp³-hybridized carbons (Fsp3) is 0.250. The van der Waals surface area contributed by atoms with Gasteiger partial charge in [-0.25, -0.2) is 13.8 Å². The minimum atomic E-state index is -0.317. The fourth-order valence-electron chi connectivity index (χ4n) is 3.72. The van der Waals surface area contributed by atoms with Gasteiger partial charge >= 0.3 is 0 Å². The van der Waals surface area contributed by atoms with Crippen LogP contribution in [0.15, 0.2) is 54.6 Å². The van der Waals surface area contributed by atoms with Crippen molar-refractivity contribution in [3.63, 3.8) is 0 Å². The monoisotopic (exact) mass is 407 g/mol. The number of rotatable bonds is 7. The first-order chi connectivity index (χ1) is 14.6. The quantitative estimate of drug-likeness (QED) is 0.548. The van der Waals surface area contributed by atoms with Crippen LogP contribution in [-0.4, -0.2) is 17.8 Å². The van der Waals surface area contributed by atoms with E-state index in [1.165, 1.54) is 23.8 Å². The summed E-state index contributed by atoms with van der Waals surface area (Å²) >= 11 is 0. The van der Waals surface area contributed by atoms with E-state index in [2.05, 4.69) is 16.3 Å². The predicted octanol–water partition coefficient (Wildman–Crippen LogP) is 5.19. The summed E-state index contributed by atoms with van der Waals surface area (Å²) in [4.78, 5) is 17.4. The molecule has 154 valence electrons. The molecule has 4 nitrogen and oxygen atoms in total. The summed E-state index contributed by atoms with van der Waals surface area (Å²) in [7, 11) is 0. The predicted molar refractivity (Wildman–Crippen MR) is 114 cm³/mol. The number of carbonyl (C=O) groups is 1. The molecular weight excluding hydrogens is 384 g/mol. The van der Waals surface area contributed by atoms with Crippen molar-refractivity contribution in [2.45, 2.75) is 32.2 Å². The van der Waals surface area contributed by atoms with E-state index in [0.717, 1.165) is 42.9 Å². The van der Waals surface area contributed by atoms with Gasteiger partial charge in [0.1, 0.15) is 23.7 Å². The maximum Gasteiger partial charge on any atom is 0.136 e. The number of hydrogen-bond acceptors (Lipinski definition) is 4. The van der Waals surface area contributed by atoms with Crippen molar-refractivity contribution in [2.24, 2.45) is 0 Å². The lowest BCUT2D eigenvalue weighted by molar-refractivity contribution is -0.107. The van der Waals surface area contributed by atoms with Gasteiger partial charge in [0.05, 0.1) is 12.2 Å². The van der Waals surface area contributed by atoms with Crippen molar-refractivity contribution in [1.82, 2.24) is 4.98 Å². The molecule has 0 atom stereocenters. The Morgan fingerprint density at radius 3 is 2.67 bits per heavy atom. The normalized spacial score (nSPS) is 13.1. The molecule has 2 aromatic carbocycles. The Balaban J connectivity index is 1.50. The van der Waals surface area contributed by atoms with Crippen molar-refractivity contribution >= 4 is 23.5 Å². The number of hydrogen-bond donors (Lipinski definition) is 1. The molecule has 0 saturated heterocycles. The molecule has 3 aromatic rings. The molecule has 0 aliphatic carbocycles. The van der Waals surface area contributed by atoms with Gasteiger partial charge in [0.25, 0.3) is 0 Å². The first-order valence-electron chi connectivity index (χ1n) is 10.1. The number of anilines is 3. The Bertz CT molecular complexity index is 1040. The molecule has 0 spiro atoms. The molecule has 1 aliphatic rings. The average molecular weight is 407 g/mol. The zero-order valence-corrected chi connectivity index (χ0v) is 16.6. The van der Waals surface area contributed by atoms with Gasteiger partial charge in [-0.1, -0.05) is 12.1 Å². The number of benzene rings is 2. The van der Waals surface area contributed by atoms with Crippen LogP contribution in [-0.2, 0) is 24.2 Å². The lowest BCUT2D eigenvalue weighted by atomic mass is 10.0. The van der Waals surface area contributed by atoms with E-state index in [4.69, 9.17) is 4.98 Å². The summed E-state index contributed by atoms with van der Waals surface area (Å²) < 4.78 is 27.5. The largest absolute Gasteiger partial charge is 0.379 e. The highest BCUT2D eigenvalue weighted by atomic mass is 19.1. The van der Waals surface area contributed by atoms with Gasteiger partial charge < -0.3 is 15.0 Å². The van der Waals surface area contributed by atoms with Gasteiger partial charge in [0.2, 0.25) is 0 Å². The SMILES string of the molecule is O=CCCc1ccc(NCc2ccc3c(n2)N(c2ccc(F)cc2)CCC3)cc1F. The van der Waals surface area contributed by atoms with E-state index in [1.807, 2.05) is 12.1 Å². The van der Waals surface area contributed by atoms with Crippen LogP contribution in [0.5, 0.6) is 0 Å². The Morgan fingerprint density at radius 2 is 1.90 bits per heavy atom. The molecule has 0 bridgehead atoms. The molecule has 2 heterocycles. The van der Waals surface area contributed by atoms with Gasteiger partial charge in [0.15, 0.2) is 0 Å². The number of fused-ring (bicyclic) bond motifs is 1. The second-order valence-corrected chi connectivity index (χ2v) is 7.38. The lowest BCUT2D eigenvalue weighted by Crippen LogP contribution is -2.26. The zero-order valence-electron chi connectivity index (χ0n) is 16.6. The van der Waals surface area contributed by atoms with Gasteiger partial charge in [-0.15, -0.1) is 0 Å². The smallest absolute Gasteiger partial charge is 0.136 e. The zero-order chi connectivity index (χ0) is 20.9. The Kier molecular flexibility index (Phi) is 6.02. The van der Waals surface area contributed by atoms with E-state index in [9.17, 15) is 13.6 Å². The van der Waals surface area contributed by atoms with Crippen LogP contribution in [0, 0.1) is 11.6 Å². The molecule has 0 amide bonds. The minimum Gasteiger partial charge on any atom is -0.379 e. The molecule has 0 saturated carbocycles. The number of carbonyl (C=O) groups excluding carboxylic acids is 1. The summed E-state index contributed by atoms with van der Waals surface area (Å²) in [5.74, 6) is 0.316. The highest BCUT2D eigenvalue weighted by Crippen LogP contribution is 2.32. The Labute approximate surface area is 174 Å². The lowest BCUT2D eigenvalue weighted by Gasteiger charge is -2.30. The molecule has 4 rings (SSSR count). The Morgan fingerprint density at radius 1 is 1.07 bits per heavy atom. The van der Waals surface area contributed by atoms with E-state index in [1.54, 1.807) is 18.2 Å². The first-order valence-corrected chi connectivity index (χ1v) is 10.1. The second kappa shape index (κ2) is 9.03. The van der Waals surface area contributed by atoms with Gasteiger partial charge in [-0.2, -0.15) is 0 Å². The third-order valence-corrected chi connectivity index (χ3v) is 5.29. The minimum absolute atomic E-state index is 0.258. The standard InChI is InChI=1S/C24H23F2N3O/c25-19-7-11-22(12-8-19)29-13-1-3-18-6-10-21(28-24(18)29)16-27-20-9-5-17(4-2-14-30)23(26)15-20/h5-12,14-15,27H,1-4,13,16H2. The van der Waals surface area contributed by atoms with Crippen LogP contribution in [0.4, 0.5) is 26.0 Å². The highest BCUT2D eigenvalue weighted by Gasteiger charge is 2.20. The summed E-state index contributed by atoms with van der Waals surface area (Å²) in [5, 5.41) is 3.21. The van der Waals surface area contributed by atoms with Crippen molar-refractivity contribution in [2.75, 3.05) is 16.8 Å². The van der Waals surface area contributed by atoms with Crippen LogP contribution in [0.25, 0.3) is 0 Å². The van der Waals surface area contributed by atoms with Crippen LogP contribution >= 0.6 is 0 Å². The van der Waals surface area contributed by atoms with Gasteiger partial charge in [-0.3, -0.25) is 0 Å². The second-order valence-electron chi connectivity index (χ2n) is 7.38. The fourth-order valence-corrected chi connectivity index (χ4v) is 3.72. The summed E-state index contributed by atoms with van der Waals surface area (Å²) in [5.41, 5.74) is 4.13. The summed E-state index contributed by atoms with van der Waals surface area (Å²) in [6.45, 7) is 1.29. The number of pyridine rings is 1. The number of nitrogens with zero attached hydrogens (tertiary/aromatic N) is 2. The maximum absolute atomic E-state index is 14.2. The van der Waals surface area contributed by atoms with E-state index in [0.29, 0.717) is 30.6 Å². The Hall–Kier alpha value is -3.28. The van der Waals surface area contributed by atoms with Crippen molar-refractivity contribution in [1.29, 1.82) is 0 Å².